The van der Waals surface area contributed by atoms with Crippen LogP contribution in [0.5, 0.6) is 5.75 Å². The number of carbonyl (C=O) groups excluding carboxylic acids is 1. The highest BCUT2D eigenvalue weighted by atomic mass is 19.1. The second-order valence-corrected chi connectivity index (χ2v) is 5.27. The maximum atomic E-state index is 13.4. The maximum absolute atomic E-state index is 13.4. The highest BCUT2D eigenvalue weighted by Crippen LogP contribution is 2.26. The van der Waals surface area contributed by atoms with Crippen LogP contribution in [0.15, 0.2) is 18.2 Å². The molecule has 2 atom stereocenters. The number of rotatable bonds is 4. The van der Waals surface area contributed by atoms with Gasteiger partial charge >= 0.3 is 0 Å². The van der Waals surface area contributed by atoms with Crippen LogP contribution < -0.4 is 10.5 Å². The molecule has 0 bridgehead atoms. The Morgan fingerprint density at radius 3 is 2.90 bits per heavy atom. The molecule has 1 fully saturated rings. The zero-order chi connectivity index (χ0) is 14.7. The van der Waals surface area contributed by atoms with Crippen molar-refractivity contribution in [2.24, 2.45) is 11.7 Å². The molecule has 20 heavy (non-hydrogen) atoms. The van der Waals surface area contributed by atoms with Gasteiger partial charge in [0.25, 0.3) is 5.91 Å². The lowest BCUT2D eigenvalue weighted by molar-refractivity contribution is 0.0781. The zero-order valence-electron chi connectivity index (χ0n) is 11.9. The standard InChI is InChI=1S/C15H21FN2O2/c1-3-4-10-8-18(9-13(10)17)15(19)12-7-11(16)5-6-14(12)20-2/h5-7,10,13H,3-4,8-9,17H2,1-2H3/t10-,13-/m0/s1. The third kappa shape index (κ3) is 2.93. The Bertz CT molecular complexity index is 493. The van der Waals surface area contributed by atoms with E-state index in [2.05, 4.69) is 6.92 Å². The first-order chi connectivity index (χ1) is 9.56. The predicted molar refractivity (Wildman–Crippen MR) is 75.2 cm³/mol. The van der Waals surface area contributed by atoms with Crippen LogP contribution in [-0.4, -0.2) is 37.0 Å². The lowest BCUT2D eigenvalue weighted by Gasteiger charge is -2.18. The average molecular weight is 280 g/mol. The number of amides is 1. The molecule has 1 aliphatic heterocycles. The van der Waals surface area contributed by atoms with Crippen LogP contribution in [-0.2, 0) is 0 Å². The molecule has 0 aliphatic carbocycles. The van der Waals surface area contributed by atoms with Crippen LogP contribution in [0.3, 0.4) is 0 Å². The van der Waals surface area contributed by atoms with Gasteiger partial charge in [-0.25, -0.2) is 4.39 Å². The van der Waals surface area contributed by atoms with Gasteiger partial charge in [-0.3, -0.25) is 4.79 Å². The summed E-state index contributed by atoms with van der Waals surface area (Å²) in [6.07, 6.45) is 2.05. The summed E-state index contributed by atoms with van der Waals surface area (Å²) in [5.41, 5.74) is 6.33. The van der Waals surface area contributed by atoms with Gasteiger partial charge in [0.2, 0.25) is 0 Å². The van der Waals surface area contributed by atoms with Gasteiger partial charge in [0.15, 0.2) is 0 Å². The van der Waals surface area contributed by atoms with Crippen molar-refractivity contribution >= 4 is 5.91 Å². The van der Waals surface area contributed by atoms with E-state index < -0.39 is 5.82 Å². The molecule has 1 saturated heterocycles. The Kier molecular flexibility index (Phi) is 4.60. The monoisotopic (exact) mass is 280 g/mol. The summed E-state index contributed by atoms with van der Waals surface area (Å²) < 4.78 is 18.5. The van der Waals surface area contributed by atoms with E-state index in [0.29, 0.717) is 24.8 Å². The molecule has 1 aromatic carbocycles. The molecule has 2 rings (SSSR count). The Morgan fingerprint density at radius 1 is 1.50 bits per heavy atom. The number of nitrogens with two attached hydrogens (primary N) is 1. The number of hydrogen-bond acceptors (Lipinski definition) is 3. The molecule has 0 radical (unpaired) electrons. The minimum absolute atomic E-state index is 0.00143. The number of carbonyl (C=O) groups is 1. The molecule has 1 aromatic rings. The van der Waals surface area contributed by atoms with Gasteiger partial charge < -0.3 is 15.4 Å². The largest absolute Gasteiger partial charge is 0.496 e. The fraction of sp³-hybridized carbons (Fsp3) is 0.533. The molecular formula is C15H21FN2O2. The molecule has 0 aromatic heterocycles. The fourth-order valence-electron chi connectivity index (χ4n) is 2.76. The average Bonchev–Trinajstić information content (AvgIpc) is 2.80. The quantitative estimate of drug-likeness (QED) is 0.918. The normalized spacial score (nSPS) is 22.1. The summed E-state index contributed by atoms with van der Waals surface area (Å²) in [5.74, 6) is 0.0607. The molecule has 4 nitrogen and oxygen atoms in total. The molecular weight excluding hydrogens is 259 g/mol. The minimum atomic E-state index is -0.442. The summed E-state index contributed by atoms with van der Waals surface area (Å²) in [6, 6.07) is 3.98. The van der Waals surface area contributed by atoms with Crippen molar-refractivity contribution in [1.82, 2.24) is 4.90 Å². The second kappa shape index (κ2) is 6.22. The second-order valence-electron chi connectivity index (χ2n) is 5.27. The third-order valence-corrected chi connectivity index (χ3v) is 3.83. The molecule has 0 unspecified atom stereocenters. The number of likely N-dealkylation sites (tertiary alicyclic amines) is 1. The molecule has 1 heterocycles. The Hall–Kier alpha value is -1.62. The number of ether oxygens (including phenoxy) is 1. The number of nitrogens with zero attached hydrogens (tertiary/aromatic N) is 1. The van der Waals surface area contributed by atoms with Gasteiger partial charge in [-0.2, -0.15) is 0 Å². The first kappa shape index (κ1) is 14.8. The van der Waals surface area contributed by atoms with E-state index in [0.717, 1.165) is 12.8 Å². The first-order valence-electron chi connectivity index (χ1n) is 6.95. The summed E-state index contributed by atoms with van der Waals surface area (Å²) in [7, 11) is 1.47. The van der Waals surface area contributed by atoms with Crippen molar-refractivity contribution < 1.29 is 13.9 Å². The molecule has 0 spiro atoms. The molecule has 0 saturated carbocycles. The smallest absolute Gasteiger partial charge is 0.257 e. The fourth-order valence-corrected chi connectivity index (χ4v) is 2.76. The van der Waals surface area contributed by atoms with E-state index in [9.17, 15) is 9.18 Å². The lowest BCUT2D eigenvalue weighted by Crippen LogP contribution is -2.32. The summed E-state index contributed by atoms with van der Waals surface area (Å²) >= 11 is 0. The number of halogens is 1. The topological polar surface area (TPSA) is 55.6 Å². The molecule has 5 heteroatoms. The van der Waals surface area contributed by atoms with E-state index >= 15 is 0 Å². The van der Waals surface area contributed by atoms with Gasteiger partial charge in [0.1, 0.15) is 11.6 Å². The van der Waals surface area contributed by atoms with Gasteiger partial charge in [0.05, 0.1) is 12.7 Å². The van der Waals surface area contributed by atoms with E-state index in [1.165, 1.54) is 25.3 Å². The van der Waals surface area contributed by atoms with Gasteiger partial charge in [0, 0.05) is 19.1 Å². The number of benzene rings is 1. The van der Waals surface area contributed by atoms with Gasteiger partial charge in [-0.05, 0) is 30.5 Å². The third-order valence-electron chi connectivity index (χ3n) is 3.83. The summed E-state index contributed by atoms with van der Waals surface area (Å²) in [6.45, 7) is 3.25. The summed E-state index contributed by atoms with van der Waals surface area (Å²) in [4.78, 5) is 14.2. The van der Waals surface area contributed by atoms with Crippen molar-refractivity contribution in [3.8, 4) is 5.75 Å². The molecule has 110 valence electrons. The van der Waals surface area contributed by atoms with Crippen molar-refractivity contribution in [2.45, 2.75) is 25.8 Å². The zero-order valence-corrected chi connectivity index (χ0v) is 11.9. The van der Waals surface area contributed by atoms with Crippen LogP contribution in [0.4, 0.5) is 4.39 Å². The van der Waals surface area contributed by atoms with Crippen LogP contribution in [0, 0.1) is 11.7 Å². The molecule has 1 aliphatic rings. The van der Waals surface area contributed by atoms with Crippen LogP contribution in [0.25, 0.3) is 0 Å². The van der Waals surface area contributed by atoms with E-state index in [-0.39, 0.29) is 17.5 Å². The molecule has 2 N–H and O–H groups in total. The Labute approximate surface area is 118 Å². The highest BCUT2D eigenvalue weighted by Gasteiger charge is 2.33. The van der Waals surface area contributed by atoms with Crippen LogP contribution in [0.2, 0.25) is 0 Å². The van der Waals surface area contributed by atoms with E-state index in [1.54, 1.807) is 4.90 Å². The van der Waals surface area contributed by atoms with Crippen molar-refractivity contribution in [3.05, 3.63) is 29.6 Å². The van der Waals surface area contributed by atoms with Gasteiger partial charge in [-0.1, -0.05) is 13.3 Å². The minimum Gasteiger partial charge on any atom is -0.496 e. The highest BCUT2D eigenvalue weighted by molar-refractivity contribution is 5.97. The van der Waals surface area contributed by atoms with E-state index in [4.69, 9.17) is 10.5 Å². The van der Waals surface area contributed by atoms with Crippen LogP contribution in [0.1, 0.15) is 30.1 Å². The first-order valence-corrected chi connectivity index (χ1v) is 6.95. The summed E-state index contributed by atoms with van der Waals surface area (Å²) in [5, 5.41) is 0. The number of methoxy groups -OCH3 is 1. The van der Waals surface area contributed by atoms with Crippen molar-refractivity contribution in [3.63, 3.8) is 0 Å². The lowest BCUT2D eigenvalue weighted by atomic mass is 9.99. The predicted octanol–water partition coefficient (Wildman–Crippen LogP) is 2.03. The van der Waals surface area contributed by atoms with Crippen molar-refractivity contribution in [2.75, 3.05) is 20.2 Å². The van der Waals surface area contributed by atoms with Gasteiger partial charge in [-0.15, -0.1) is 0 Å². The Balaban J connectivity index is 2.18. The number of hydrogen-bond donors (Lipinski definition) is 1. The maximum Gasteiger partial charge on any atom is 0.257 e. The van der Waals surface area contributed by atoms with Crippen molar-refractivity contribution in [1.29, 1.82) is 0 Å². The van der Waals surface area contributed by atoms with E-state index in [1.807, 2.05) is 0 Å². The SMILES string of the molecule is CCC[C@H]1CN(C(=O)c2cc(F)ccc2OC)C[C@@H]1N. The Morgan fingerprint density at radius 2 is 2.25 bits per heavy atom. The molecule has 1 amide bonds. The van der Waals surface area contributed by atoms with Crippen LogP contribution >= 0.6 is 0 Å².